The van der Waals surface area contributed by atoms with E-state index in [1.54, 1.807) is 0 Å². The normalized spacial score (nSPS) is 8.11. The van der Waals surface area contributed by atoms with Crippen molar-refractivity contribution in [3.8, 4) is 0 Å². The summed E-state index contributed by atoms with van der Waals surface area (Å²) in [6, 6.07) is 7.47. The third-order valence-electron chi connectivity index (χ3n) is 0.937. The molecule has 42 valence electrons. The van der Waals surface area contributed by atoms with Crippen LogP contribution in [-0.4, -0.2) is 0 Å². The van der Waals surface area contributed by atoms with Crippen molar-refractivity contribution >= 4 is 18.3 Å². The monoisotopic (exact) mass is 189 g/mol. The molecule has 0 spiro atoms. The average molecular weight is 191 g/mol. The second-order valence-corrected chi connectivity index (χ2v) is 2.04. The average Bonchev–Trinajstić information content (AvgIpc) is 1.77. The quantitative estimate of drug-likeness (QED) is 0.362. The molecule has 0 bridgehead atoms. The van der Waals surface area contributed by atoms with Crippen LogP contribution in [0, 0.1) is 0 Å². The van der Waals surface area contributed by atoms with E-state index in [1.807, 2.05) is 24.3 Å². The molecule has 1 nitrogen and oxygen atoms in total. The summed E-state index contributed by atoms with van der Waals surface area (Å²) >= 11 is 4.07. The fraction of sp³-hybridized carbons (Fsp3) is 0. The predicted octanol–water partition coefficient (Wildman–Crippen LogP) is 1.55. The van der Waals surface area contributed by atoms with E-state index < -0.39 is 0 Å². The molecule has 0 aliphatic heterocycles. The maximum absolute atomic E-state index is 5.44. The third kappa shape index (κ3) is 2.38. The van der Waals surface area contributed by atoms with Gasteiger partial charge in [0, 0.05) is 10.6 Å². The van der Waals surface area contributed by atoms with Crippen molar-refractivity contribution in [2.75, 3.05) is 5.73 Å². The van der Waals surface area contributed by atoms with E-state index in [-0.39, 0.29) is 19.5 Å². The zero-order chi connectivity index (χ0) is 5.98. The van der Waals surface area contributed by atoms with Gasteiger partial charge >= 0.3 is 19.5 Å². The Kier molecular flexibility index (Phi) is 3.91. The van der Waals surface area contributed by atoms with Crippen LogP contribution in [0.25, 0.3) is 0 Å². The van der Waals surface area contributed by atoms with Crippen molar-refractivity contribution in [2.45, 2.75) is 4.90 Å². The Balaban J connectivity index is 0.000000640. The van der Waals surface area contributed by atoms with Crippen LogP contribution in [0.15, 0.2) is 29.2 Å². The molecule has 0 unspecified atom stereocenters. The number of para-hydroxylation sites is 1. The van der Waals surface area contributed by atoms with Crippen LogP contribution in [0.3, 0.4) is 0 Å². The minimum atomic E-state index is 0. The van der Waals surface area contributed by atoms with Crippen LogP contribution >= 0.6 is 12.6 Å². The SMILES string of the molecule is Nc1ccccc1S.[Zn+2]. The van der Waals surface area contributed by atoms with Crippen LogP contribution in [0.2, 0.25) is 0 Å². The summed E-state index contributed by atoms with van der Waals surface area (Å²) in [7, 11) is 0. The van der Waals surface area contributed by atoms with Gasteiger partial charge in [-0.1, -0.05) is 12.1 Å². The number of hydrogen-bond donors (Lipinski definition) is 2. The van der Waals surface area contributed by atoms with Gasteiger partial charge in [-0.2, -0.15) is 0 Å². The van der Waals surface area contributed by atoms with E-state index in [0.717, 1.165) is 10.6 Å². The molecule has 0 amide bonds. The second-order valence-electron chi connectivity index (χ2n) is 1.56. The van der Waals surface area contributed by atoms with Crippen LogP contribution in [0.4, 0.5) is 5.69 Å². The van der Waals surface area contributed by atoms with Crippen molar-refractivity contribution in [1.82, 2.24) is 0 Å². The largest absolute Gasteiger partial charge is 2.00 e. The molecule has 0 saturated heterocycles. The Labute approximate surface area is 72.8 Å². The maximum atomic E-state index is 5.44. The number of hydrogen-bond acceptors (Lipinski definition) is 2. The summed E-state index contributed by atoms with van der Waals surface area (Å²) in [5, 5.41) is 0. The third-order valence-corrected chi connectivity index (χ3v) is 1.34. The molecule has 0 radical (unpaired) electrons. The van der Waals surface area contributed by atoms with Gasteiger partial charge in [-0.05, 0) is 12.1 Å². The number of anilines is 1. The van der Waals surface area contributed by atoms with Crippen LogP contribution < -0.4 is 5.73 Å². The second kappa shape index (κ2) is 3.91. The van der Waals surface area contributed by atoms with Gasteiger partial charge in [-0.25, -0.2) is 0 Å². The molecular weight excluding hydrogens is 184 g/mol. The number of nitrogen functional groups attached to an aromatic ring is 1. The molecule has 2 N–H and O–H groups in total. The number of benzene rings is 1. The standard InChI is InChI=1S/C6H7NS.Zn/c7-5-3-1-2-4-6(5)8;/h1-4,8H,7H2;/q;+2. The molecule has 1 aromatic rings. The van der Waals surface area contributed by atoms with E-state index >= 15 is 0 Å². The van der Waals surface area contributed by atoms with E-state index in [0.29, 0.717) is 0 Å². The van der Waals surface area contributed by atoms with Gasteiger partial charge < -0.3 is 5.73 Å². The van der Waals surface area contributed by atoms with Crippen molar-refractivity contribution in [2.24, 2.45) is 0 Å². The number of thiol groups is 1. The Morgan fingerprint density at radius 3 is 2.11 bits per heavy atom. The summed E-state index contributed by atoms with van der Waals surface area (Å²) in [5.41, 5.74) is 6.18. The summed E-state index contributed by atoms with van der Waals surface area (Å²) < 4.78 is 0. The first-order chi connectivity index (χ1) is 3.80. The Morgan fingerprint density at radius 1 is 1.22 bits per heavy atom. The van der Waals surface area contributed by atoms with Crippen molar-refractivity contribution < 1.29 is 19.5 Å². The first-order valence-electron chi connectivity index (χ1n) is 2.34. The molecule has 0 heterocycles. The summed E-state index contributed by atoms with van der Waals surface area (Å²) in [4.78, 5) is 0.840. The molecule has 0 fully saturated rings. The van der Waals surface area contributed by atoms with Gasteiger partial charge in [0.1, 0.15) is 0 Å². The minimum Gasteiger partial charge on any atom is -0.398 e. The molecule has 0 aliphatic rings. The first-order valence-corrected chi connectivity index (χ1v) is 2.79. The topological polar surface area (TPSA) is 26.0 Å². The van der Waals surface area contributed by atoms with Crippen LogP contribution in [0.1, 0.15) is 0 Å². The Bertz CT molecular complexity index is 169. The van der Waals surface area contributed by atoms with Crippen LogP contribution in [-0.2, 0) is 19.5 Å². The van der Waals surface area contributed by atoms with Gasteiger partial charge in [0.15, 0.2) is 0 Å². The van der Waals surface area contributed by atoms with Gasteiger partial charge in [-0.15, -0.1) is 12.6 Å². The van der Waals surface area contributed by atoms with E-state index in [9.17, 15) is 0 Å². The molecule has 1 aromatic carbocycles. The van der Waals surface area contributed by atoms with Crippen molar-refractivity contribution in [1.29, 1.82) is 0 Å². The number of rotatable bonds is 0. The molecule has 0 aliphatic carbocycles. The van der Waals surface area contributed by atoms with Crippen molar-refractivity contribution in [3.63, 3.8) is 0 Å². The van der Waals surface area contributed by atoms with Crippen LogP contribution in [0.5, 0.6) is 0 Å². The minimum absolute atomic E-state index is 0. The van der Waals surface area contributed by atoms with E-state index in [2.05, 4.69) is 12.6 Å². The summed E-state index contributed by atoms with van der Waals surface area (Å²) in [5.74, 6) is 0. The van der Waals surface area contributed by atoms with Crippen molar-refractivity contribution in [3.05, 3.63) is 24.3 Å². The molecule has 3 heteroatoms. The van der Waals surface area contributed by atoms with E-state index in [1.165, 1.54) is 0 Å². The van der Waals surface area contributed by atoms with Gasteiger partial charge in [-0.3, -0.25) is 0 Å². The zero-order valence-electron chi connectivity index (χ0n) is 5.04. The Hall–Kier alpha value is -0.00662. The molecule has 1 rings (SSSR count). The first kappa shape index (κ1) is 8.99. The molecule has 0 atom stereocenters. The van der Waals surface area contributed by atoms with Gasteiger partial charge in [0.2, 0.25) is 0 Å². The molecule has 0 saturated carbocycles. The fourth-order valence-corrected chi connectivity index (χ4v) is 0.648. The Morgan fingerprint density at radius 2 is 1.78 bits per heavy atom. The maximum Gasteiger partial charge on any atom is 2.00 e. The number of nitrogens with two attached hydrogens (primary N) is 1. The summed E-state index contributed by atoms with van der Waals surface area (Å²) in [6.45, 7) is 0. The van der Waals surface area contributed by atoms with E-state index in [4.69, 9.17) is 5.73 Å². The van der Waals surface area contributed by atoms with Gasteiger partial charge in [0.05, 0.1) is 0 Å². The van der Waals surface area contributed by atoms with Gasteiger partial charge in [0.25, 0.3) is 0 Å². The predicted molar refractivity (Wildman–Crippen MR) is 38.1 cm³/mol. The molecule has 9 heavy (non-hydrogen) atoms. The summed E-state index contributed by atoms with van der Waals surface area (Å²) in [6.07, 6.45) is 0. The smallest absolute Gasteiger partial charge is 0.398 e. The fourth-order valence-electron chi connectivity index (χ4n) is 0.488. The molecule has 0 aromatic heterocycles. The molecular formula is C6H7NSZn+2. The zero-order valence-corrected chi connectivity index (χ0v) is 8.90.